The van der Waals surface area contributed by atoms with E-state index in [1.54, 1.807) is 26.8 Å². The molecule has 0 bridgehead atoms. The lowest BCUT2D eigenvalue weighted by Crippen LogP contribution is -2.62. The first-order valence-corrected chi connectivity index (χ1v) is 14.5. The Labute approximate surface area is 241 Å². The number of nitrogens with zero attached hydrogens (tertiary/aromatic N) is 1. The fourth-order valence-corrected chi connectivity index (χ4v) is 5.46. The predicted octanol–water partition coefficient (Wildman–Crippen LogP) is -1.41. The van der Waals surface area contributed by atoms with Crippen molar-refractivity contribution in [1.29, 1.82) is 0 Å². The second-order valence-electron chi connectivity index (χ2n) is 12.3. The van der Waals surface area contributed by atoms with Crippen molar-refractivity contribution < 1.29 is 49.3 Å². The molecule has 13 heteroatoms. The van der Waals surface area contributed by atoms with Crippen molar-refractivity contribution in [2.75, 3.05) is 19.6 Å². The van der Waals surface area contributed by atoms with Crippen molar-refractivity contribution in [1.82, 2.24) is 10.2 Å². The van der Waals surface area contributed by atoms with Crippen molar-refractivity contribution in [3.63, 3.8) is 0 Å². The van der Waals surface area contributed by atoms with E-state index < -0.39 is 72.7 Å². The zero-order valence-corrected chi connectivity index (χ0v) is 24.6. The minimum atomic E-state index is -1.93. The van der Waals surface area contributed by atoms with E-state index in [-0.39, 0.29) is 56.6 Å². The fraction of sp³-hybridized carbons (Fsp3) is 0.857. The van der Waals surface area contributed by atoms with Crippen LogP contribution in [0.25, 0.3) is 0 Å². The maximum absolute atomic E-state index is 13.7. The van der Waals surface area contributed by atoms with Gasteiger partial charge < -0.3 is 55.7 Å². The Bertz CT molecular complexity index is 920. The quantitative estimate of drug-likeness (QED) is 0.148. The summed E-state index contributed by atoms with van der Waals surface area (Å²) in [4.78, 5) is 27.0. The van der Waals surface area contributed by atoms with E-state index >= 15 is 0 Å². The van der Waals surface area contributed by atoms with E-state index in [2.05, 4.69) is 5.32 Å². The van der Waals surface area contributed by atoms with E-state index in [9.17, 15) is 35.1 Å². The number of hydrogen-bond donors (Lipinski definition) is 7. The maximum atomic E-state index is 13.7. The molecule has 3 saturated heterocycles. The largest absolute Gasteiger partial charge is 0.393 e. The van der Waals surface area contributed by atoms with Gasteiger partial charge in [0.15, 0.2) is 12.1 Å². The summed E-state index contributed by atoms with van der Waals surface area (Å²) in [5.74, 6) is -3.97. The van der Waals surface area contributed by atoms with Gasteiger partial charge in [-0.3, -0.25) is 9.59 Å². The van der Waals surface area contributed by atoms with Crippen LogP contribution in [0.2, 0.25) is 0 Å². The third-order valence-corrected chi connectivity index (χ3v) is 8.03. The van der Waals surface area contributed by atoms with E-state index in [1.165, 1.54) is 4.90 Å². The van der Waals surface area contributed by atoms with Crippen LogP contribution in [0.5, 0.6) is 0 Å². The SMILES string of the molecule is CC(C)/C=C/[C@@H](CC1O[C@](O)(C[C@@H](O)C(C)C)C[C@H](O)[C@H]1C(=O)N1CCNC(=O)C1)OC1OC(C)C(O)C(N)C1O. The smallest absolute Gasteiger partial charge is 0.239 e. The second kappa shape index (κ2) is 14.2. The number of aliphatic hydroxyl groups is 5. The number of allylic oxidation sites excluding steroid dienone is 1. The topological polar surface area (TPSA) is 204 Å². The van der Waals surface area contributed by atoms with Gasteiger partial charge in [0.2, 0.25) is 11.8 Å². The van der Waals surface area contributed by atoms with Crippen molar-refractivity contribution in [3.8, 4) is 0 Å². The van der Waals surface area contributed by atoms with Crippen LogP contribution in [0.3, 0.4) is 0 Å². The highest BCUT2D eigenvalue weighted by Gasteiger charge is 2.51. The number of amides is 2. The zero-order valence-electron chi connectivity index (χ0n) is 24.6. The van der Waals surface area contributed by atoms with Gasteiger partial charge in [-0.2, -0.15) is 0 Å². The number of rotatable bonds is 10. The van der Waals surface area contributed by atoms with E-state index in [0.29, 0.717) is 0 Å². The third kappa shape index (κ3) is 8.68. The van der Waals surface area contributed by atoms with Gasteiger partial charge in [0.05, 0.1) is 55.1 Å². The summed E-state index contributed by atoms with van der Waals surface area (Å²) in [5.41, 5.74) is 5.99. The van der Waals surface area contributed by atoms with Crippen molar-refractivity contribution >= 4 is 11.8 Å². The normalized spacial score (nSPS) is 38.4. The van der Waals surface area contributed by atoms with Gasteiger partial charge in [-0.25, -0.2) is 0 Å². The average molecular weight is 588 g/mol. The molecule has 0 aliphatic carbocycles. The fourth-order valence-electron chi connectivity index (χ4n) is 5.46. The number of carbonyl (C=O) groups excluding carboxylic acids is 2. The summed E-state index contributed by atoms with van der Waals surface area (Å²) >= 11 is 0. The number of aliphatic hydroxyl groups excluding tert-OH is 4. The van der Waals surface area contributed by atoms with E-state index in [4.69, 9.17) is 19.9 Å². The van der Waals surface area contributed by atoms with Crippen LogP contribution in [-0.4, -0.2) is 123 Å². The van der Waals surface area contributed by atoms with Crippen molar-refractivity contribution in [3.05, 3.63) is 12.2 Å². The molecule has 3 aliphatic rings. The number of carbonyl (C=O) groups is 2. The minimum absolute atomic E-state index is 0.0461. The lowest BCUT2D eigenvalue weighted by Gasteiger charge is -2.47. The van der Waals surface area contributed by atoms with Crippen LogP contribution in [0.4, 0.5) is 0 Å². The Morgan fingerprint density at radius 2 is 1.90 bits per heavy atom. The first-order chi connectivity index (χ1) is 19.1. The lowest BCUT2D eigenvalue weighted by atomic mass is 9.81. The van der Waals surface area contributed by atoms with Gasteiger partial charge in [-0.15, -0.1) is 0 Å². The molecule has 0 radical (unpaired) electrons. The summed E-state index contributed by atoms with van der Waals surface area (Å²) < 4.78 is 18.0. The van der Waals surface area contributed by atoms with Crippen LogP contribution < -0.4 is 11.1 Å². The number of nitrogens with one attached hydrogen (secondary N) is 1. The van der Waals surface area contributed by atoms with E-state index in [1.807, 2.05) is 19.9 Å². The molecule has 0 aromatic carbocycles. The molecule has 3 heterocycles. The molecule has 6 unspecified atom stereocenters. The molecule has 3 rings (SSSR count). The van der Waals surface area contributed by atoms with Gasteiger partial charge in [0.25, 0.3) is 0 Å². The van der Waals surface area contributed by atoms with Gasteiger partial charge >= 0.3 is 0 Å². The number of hydrogen-bond acceptors (Lipinski definition) is 11. The minimum Gasteiger partial charge on any atom is -0.393 e. The molecular weight excluding hydrogens is 538 g/mol. The van der Waals surface area contributed by atoms with Gasteiger partial charge in [0, 0.05) is 32.4 Å². The molecular formula is C28H49N3O10. The first kappa shape index (κ1) is 33.8. The van der Waals surface area contributed by atoms with Crippen LogP contribution in [-0.2, 0) is 23.8 Å². The zero-order chi connectivity index (χ0) is 30.6. The van der Waals surface area contributed by atoms with Crippen LogP contribution in [0.15, 0.2) is 12.2 Å². The summed E-state index contributed by atoms with van der Waals surface area (Å²) in [6.07, 6.45) is -5.54. The summed E-state index contributed by atoms with van der Waals surface area (Å²) in [6.45, 7) is 9.45. The highest BCUT2D eigenvalue weighted by molar-refractivity contribution is 5.87. The molecule has 0 saturated carbocycles. The summed E-state index contributed by atoms with van der Waals surface area (Å²) in [5, 5.41) is 56.7. The Balaban J connectivity index is 1.91. The molecule has 2 amide bonds. The van der Waals surface area contributed by atoms with Gasteiger partial charge in [-0.1, -0.05) is 39.8 Å². The van der Waals surface area contributed by atoms with Crippen LogP contribution >= 0.6 is 0 Å². The second-order valence-corrected chi connectivity index (χ2v) is 12.3. The highest BCUT2D eigenvalue weighted by Crippen LogP contribution is 2.39. The van der Waals surface area contributed by atoms with Crippen molar-refractivity contribution in [2.24, 2.45) is 23.5 Å². The summed E-state index contributed by atoms with van der Waals surface area (Å²) in [6, 6.07) is -1.02. The lowest BCUT2D eigenvalue weighted by molar-refractivity contribution is -0.308. The maximum Gasteiger partial charge on any atom is 0.239 e. The average Bonchev–Trinajstić information content (AvgIpc) is 2.88. The Morgan fingerprint density at radius 1 is 1.22 bits per heavy atom. The monoisotopic (exact) mass is 587 g/mol. The molecule has 41 heavy (non-hydrogen) atoms. The number of piperazine rings is 1. The molecule has 11 atom stereocenters. The van der Waals surface area contributed by atoms with Gasteiger partial charge in [-0.05, 0) is 18.8 Å². The van der Waals surface area contributed by atoms with Crippen LogP contribution in [0.1, 0.15) is 53.9 Å². The predicted molar refractivity (Wildman–Crippen MR) is 147 cm³/mol. The molecule has 3 fully saturated rings. The number of nitrogens with two attached hydrogens (primary N) is 1. The standard InChI is InChI=1S/C28H49N3O10/c1-14(2)6-7-17(40-27-25(36)23(29)24(35)16(5)39-27)10-20-22(26(37)31-9-8-30-21(34)13-31)19(33)12-28(38,41-20)11-18(32)15(3)4/h6-7,14-20,22-25,27,32-33,35-36,38H,8-13,29H2,1-5H3,(H,30,34)/b7-6+/t16?,17-,18+,19-,20?,22+,23?,24?,25?,27?,28+/m0/s1. The molecule has 0 aromatic rings. The number of ether oxygens (including phenoxy) is 3. The Hall–Kier alpha value is -1.68. The van der Waals surface area contributed by atoms with Gasteiger partial charge in [0.1, 0.15) is 6.10 Å². The molecule has 236 valence electrons. The molecule has 8 N–H and O–H groups in total. The molecule has 3 aliphatic heterocycles. The van der Waals surface area contributed by atoms with Crippen LogP contribution in [0, 0.1) is 17.8 Å². The highest BCUT2D eigenvalue weighted by atomic mass is 16.7. The molecule has 0 aromatic heterocycles. The Kier molecular flexibility index (Phi) is 11.7. The van der Waals surface area contributed by atoms with E-state index in [0.717, 1.165) is 0 Å². The molecule has 0 spiro atoms. The third-order valence-electron chi connectivity index (χ3n) is 8.03. The Morgan fingerprint density at radius 3 is 2.51 bits per heavy atom. The first-order valence-electron chi connectivity index (χ1n) is 14.5. The molecule has 13 nitrogen and oxygen atoms in total. The van der Waals surface area contributed by atoms with Crippen molar-refractivity contribution in [2.45, 2.75) is 115 Å². The summed E-state index contributed by atoms with van der Waals surface area (Å²) in [7, 11) is 0.